The van der Waals surface area contributed by atoms with Crippen LogP contribution in [0.1, 0.15) is 20.3 Å². The van der Waals surface area contributed by atoms with Crippen LogP contribution in [0.3, 0.4) is 0 Å². The molecule has 0 heterocycles. The molecule has 4 heteroatoms. The molecule has 1 atom stereocenters. The summed E-state index contributed by atoms with van der Waals surface area (Å²) in [6.07, 6.45) is 0.168. The summed E-state index contributed by atoms with van der Waals surface area (Å²) in [6.45, 7) is 3.79. The Bertz CT molecular complexity index is 376. The maximum atomic E-state index is 11.5. The number of para-hydroxylation sites is 1. The summed E-state index contributed by atoms with van der Waals surface area (Å²) in [5.41, 5.74) is 0. The lowest BCUT2D eigenvalue weighted by Crippen LogP contribution is -2.34. The first-order valence-electron chi connectivity index (χ1n) is 5.67. The van der Waals surface area contributed by atoms with Crippen LogP contribution in [0.25, 0.3) is 0 Å². The lowest BCUT2D eigenvalue weighted by atomic mass is 10.0. The number of nitrogens with one attached hydrogen (secondary N) is 1. The SMILES string of the molecule is CCC(C)C(=O)CNC(=O)Oc1ccccc1. The highest BCUT2D eigenvalue weighted by atomic mass is 16.6. The molecule has 4 nitrogen and oxygen atoms in total. The largest absolute Gasteiger partial charge is 0.412 e. The van der Waals surface area contributed by atoms with E-state index >= 15 is 0 Å². The molecule has 0 bridgehead atoms. The molecule has 92 valence electrons. The molecule has 0 spiro atoms. The van der Waals surface area contributed by atoms with E-state index in [9.17, 15) is 9.59 Å². The number of amides is 1. The first kappa shape index (κ1) is 13.2. The molecule has 0 aliphatic carbocycles. The molecule has 0 saturated carbocycles. The Labute approximate surface area is 101 Å². The van der Waals surface area contributed by atoms with Gasteiger partial charge in [-0.1, -0.05) is 32.0 Å². The van der Waals surface area contributed by atoms with E-state index in [1.54, 1.807) is 24.3 Å². The van der Waals surface area contributed by atoms with Crippen LogP contribution in [0, 0.1) is 5.92 Å². The number of rotatable bonds is 5. The van der Waals surface area contributed by atoms with Gasteiger partial charge in [0.1, 0.15) is 5.75 Å². The third-order valence-corrected chi connectivity index (χ3v) is 2.52. The summed E-state index contributed by atoms with van der Waals surface area (Å²) in [4.78, 5) is 22.8. The first-order valence-corrected chi connectivity index (χ1v) is 5.67. The highest BCUT2D eigenvalue weighted by Gasteiger charge is 2.12. The summed E-state index contributed by atoms with van der Waals surface area (Å²) >= 11 is 0. The van der Waals surface area contributed by atoms with Gasteiger partial charge in [-0.2, -0.15) is 0 Å². The molecule has 0 saturated heterocycles. The normalized spacial score (nSPS) is 11.6. The van der Waals surface area contributed by atoms with Crippen molar-refractivity contribution in [1.29, 1.82) is 0 Å². The molecule has 1 N–H and O–H groups in total. The minimum absolute atomic E-state index is 0.0116. The van der Waals surface area contributed by atoms with Crippen molar-refractivity contribution in [2.45, 2.75) is 20.3 Å². The van der Waals surface area contributed by atoms with Crippen molar-refractivity contribution in [3.05, 3.63) is 30.3 Å². The molecular weight excluding hydrogens is 218 g/mol. The number of carbonyl (C=O) groups is 2. The van der Waals surface area contributed by atoms with Gasteiger partial charge in [-0.15, -0.1) is 0 Å². The van der Waals surface area contributed by atoms with Gasteiger partial charge in [-0.3, -0.25) is 4.79 Å². The minimum Gasteiger partial charge on any atom is -0.410 e. The Morgan fingerprint density at radius 1 is 1.29 bits per heavy atom. The minimum atomic E-state index is -0.604. The highest BCUT2D eigenvalue weighted by Crippen LogP contribution is 2.08. The number of ether oxygens (including phenoxy) is 1. The van der Waals surface area contributed by atoms with Crippen molar-refractivity contribution >= 4 is 11.9 Å². The Balaban J connectivity index is 2.34. The van der Waals surface area contributed by atoms with E-state index in [1.165, 1.54) is 0 Å². The van der Waals surface area contributed by atoms with Crippen molar-refractivity contribution in [2.24, 2.45) is 5.92 Å². The maximum Gasteiger partial charge on any atom is 0.412 e. The molecular formula is C13H17NO3. The summed E-state index contributed by atoms with van der Waals surface area (Å²) < 4.78 is 4.98. The van der Waals surface area contributed by atoms with E-state index in [0.717, 1.165) is 6.42 Å². The lowest BCUT2D eigenvalue weighted by Gasteiger charge is -2.09. The van der Waals surface area contributed by atoms with Gasteiger partial charge < -0.3 is 10.1 Å². The molecule has 0 aromatic heterocycles. The number of ketones is 1. The second-order valence-corrected chi connectivity index (χ2v) is 3.83. The van der Waals surface area contributed by atoms with Crippen molar-refractivity contribution in [2.75, 3.05) is 6.54 Å². The van der Waals surface area contributed by atoms with Crippen LogP contribution in [-0.4, -0.2) is 18.4 Å². The number of hydrogen-bond acceptors (Lipinski definition) is 3. The molecule has 0 radical (unpaired) electrons. The van der Waals surface area contributed by atoms with Gasteiger partial charge in [0.25, 0.3) is 0 Å². The number of benzene rings is 1. The molecule has 17 heavy (non-hydrogen) atoms. The second kappa shape index (κ2) is 6.68. The number of hydrogen-bond donors (Lipinski definition) is 1. The molecule has 0 aliphatic rings. The number of carbonyl (C=O) groups excluding carboxylic acids is 2. The van der Waals surface area contributed by atoms with E-state index in [2.05, 4.69) is 5.32 Å². The van der Waals surface area contributed by atoms with Gasteiger partial charge in [-0.25, -0.2) is 4.79 Å². The summed E-state index contributed by atoms with van der Waals surface area (Å²) in [5.74, 6) is 0.436. The van der Waals surface area contributed by atoms with E-state index < -0.39 is 6.09 Å². The van der Waals surface area contributed by atoms with Gasteiger partial charge in [0.2, 0.25) is 0 Å². The second-order valence-electron chi connectivity index (χ2n) is 3.83. The van der Waals surface area contributed by atoms with Crippen molar-refractivity contribution in [3.8, 4) is 5.75 Å². The summed E-state index contributed by atoms with van der Waals surface area (Å²) in [6, 6.07) is 8.73. The van der Waals surface area contributed by atoms with Crippen LogP contribution in [0.2, 0.25) is 0 Å². The standard InChI is InChI=1S/C13H17NO3/c1-3-10(2)12(15)9-14-13(16)17-11-7-5-4-6-8-11/h4-8,10H,3,9H2,1-2H3,(H,14,16). The lowest BCUT2D eigenvalue weighted by molar-refractivity contribution is -0.121. The van der Waals surface area contributed by atoms with Crippen LogP contribution in [0.15, 0.2) is 30.3 Å². The molecule has 1 amide bonds. The maximum absolute atomic E-state index is 11.5. The molecule has 1 unspecified atom stereocenters. The van der Waals surface area contributed by atoms with E-state index in [0.29, 0.717) is 5.75 Å². The zero-order valence-electron chi connectivity index (χ0n) is 10.1. The zero-order chi connectivity index (χ0) is 12.7. The Morgan fingerprint density at radius 3 is 2.53 bits per heavy atom. The quantitative estimate of drug-likeness (QED) is 0.852. The average molecular weight is 235 g/mol. The predicted molar refractivity (Wildman–Crippen MR) is 64.9 cm³/mol. The third kappa shape index (κ3) is 4.68. The molecule has 1 aromatic rings. The zero-order valence-corrected chi connectivity index (χ0v) is 10.1. The van der Waals surface area contributed by atoms with Gasteiger partial charge in [0.05, 0.1) is 6.54 Å². The Hall–Kier alpha value is -1.84. The predicted octanol–water partition coefficient (Wildman–Crippen LogP) is 2.39. The van der Waals surface area contributed by atoms with E-state index in [4.69, 9.17) is 4.74 Å². The average Bonchev–Trinajstić information content (AvgIpc) is 2.36. The fourth-order valence-electron chi connectivity index (χ4n) is 1.19. The molecule has 0 aliphatic heterocycles. The van der Waals surface area contributed by atoms with Crippen LogP contribution >= 0.6 is 0 Å². The first-order chi connectivity index (χ1) is 8.13. The van der Waals surface area contributed by atoms with Gasteiger partial charge in [0, 0.05) is 5.92 Å². The van der Waals surface area contributed by atoms with Crippen molar-refractivity contribution in [3.63, 3.8) is 0 Å². The van der Waals surface area contributed by atoms with Crippen LogP contribution < -0.4 is 10.1 Å². The fraction of sp³-hybridized carbons (Fsp3) is 0.385. The van der Waals surface area contributed by atoms with E-state index in [1.807, 2.05) is 19.9 Å². The topological polar surface area (TPSA) is 55.4 Å². The van der Waals surface area contributed by atoms with Crippen molar-refractivity contribution in [1.82, 2.24) is 5.32 Å². The van der Waals surface area contributed by atoms with Crippen LogP contribution in [-0.2, 0) is 4.79 Å². The summed E-state index contributed by atoms with van der Waals surface area (Å²) in [5, 5.41) is 2.44. The molecule has 0 fully saturated rings. The Kier molecular flexibility index (Phi) is 5.20. The molecule has 1 rings (SSSR count). The smallest absolute Gasteiger partial charge is 0.410 e. The molecule has 1 aromatic carbocycles. The van der Waals surface area contributed by atoms with E-state index in [-0.39, 0.29) is 18.2 Å². The summed E-state index contributed by atoms with van der Waals surface area (Å²) in [7, 11) is 0. The monoisotopic (exact) mass is 235 g/mol. The fourth-order valence-corrected chi connectivity index (χ4v) is 1.19. The van der Waals surface area contributed by atoms with Gasteiger partial charge in [0.15, 0.2) is 5.78 Å². The Morgan fingerprint density at radius 2 is 1.94 bits per heavy atom. The van der Waals surface area contributed by atoms with Gasteiger partial charge in [-0.05, 0) is 18.6 Å². The van der Waals surface area contributed by atoms with Gasteiger partial charge >= 0.3 is 6.09 Å². The van der Waals surface area contributed by atoms with Crippen molar-refractivity contribution < 1.29 is 14.3 Å². The van der Waals surface area contributed by atoms with Crippen LogP contribution in [0.4, 0.5) is 4.79 Å². The third-order valence-electron chi connectivity index (χ3n) is 2.52. The van der Waals surface area contributed by atoms with Crippen LogP contribution in [0.5, 0.6) is 5.75 Å². The number of Topliss-reactive ketones (excluding diaryl/α,β-unsaturated/α-hetero) is 1. The highest BCUT2D eigenvalue weighted by molar-refractivity contribution is 5.85.